The summed E-state index contributed by atoms with van der Waals surface area (Å²) < 4.78 is 2.08. The predicted molar refractivity (Wildman–Crippen MR) is 58.4 cm³/mol. The van der Waals surface area contributed by atoms with Crippen LogP contribution in [0.15, 0.2) is 12.5 Å². The smallest absolute Gasteiger partial charge is 0.233 e. The molecule has 0 aromatic carbocycles. The summed E-state index contributed by atoms with van der Waals surface area (Å²) in [6.07, 6.45) is 3.62. The highest BCUT2D eigenvalue weighted by Gasteiger charge is 2.05. The summed E-state index contributed by atoms with van der Waals surface area (Å²) in [7, 11) is 1.63. The van der Waals surface area contributed by atoms with Crippen molar-refractivity contribution in [2.24, 2.45) is 0 Å². The maximum Gasteiger partial charge on any atom is 0.233 e. The molecule has 0 fully saturated rings. The first kappa shape index (κ1) is 11.7. The molecule has 5 nitrogen and oxygen atoms in total. The Hall–Kier alpha value is -1.36. The van der Waals surface area contributed by atoms with Gasteiger partial charge in [-0.3, -0.25) is 4.79 Å². The molecule has 0 aliphatic carbocycles. The maximum absolute atomic E-state index is 11.0. The van der Waals surface area contributed by atoms with Gasteiger partial charge in [0.25, 0.3) is 0 Å². The highest BCUT2D eigenvalue weighted by atomic mass is 16.1. The Morgan fingerprint density at radius 3 is 2.93 bits per heavy atom. The zero-order chi connectivity index (χ0) is 11.3. The number of carbonyl (C=O) groups is 1. The highest BCUT2D eigenvalue weighted by Crippen LogP contribution is 2.07. The van der Waals surface area contributed by atoms with E-state index in [1.54, 1.807) is 7.05 Å². The molecule has 0 aliphatic heterocycles. The lowest BCUT2D eigenvalue weighted by atomic mass is 10.3. The number of nitrogens with one attached hydrogen (secondary N) is 2. The molecular formula is C10H18N4O. The predicted octanol–water partition coefficient (Wildman–Crippen LogP) is 0.300. The van der Waals surface area contributed by atoms with E-state index in [0.29, 0.717) is 19.1 Å². The molecule has 5 heteroatoms. The second-order valence-electron chi connectivity index (χ2n) is 3.66. The van der Waals surface area contributed by atoms with Crippen molar-refractivity contribution >= 4 is 5.91 Å². The zero-order valence-electron chi connectivity index (χ0n) is 9.45. The van der Waals surface area contributed by atoms with Crippen molar-refractivity contribution in [3.63, 3.8) is 0 Å². The van der Waals surface area contributed by atoms with E-state index in [1.807, 2.05) is 12.5 Å². The van der Waals surface area contributed by atoms with Gasteiger partial charge < -0.3 is 15.2 Å². The van der Waals surface area contributed by atoms with Gasteiger partial charge in [0.15, 0.2) is 0 Å². The topological polar surface area (TPSA) is 59.0 Å². The Bertz CT molecular complexity index is 319. The van der Waals surface area contributed by atoms with Gasteiger partial charge >= 0.3 is 0 Å². The largest absolute Gasteiger partial charge is 0.358 e. The zero-order valence-corrected chi connectivity index (χ0v) is 9.45. The van der Waals surface area contributed by atoms with Crippen LogP contribution in [0.4, 0.5) is 0 Å². The van der Waals surface area contributed by atoms with Gasteiger partial charge in [0, 0.05) is 25.8 Å². The fraction of sp³-hybridized carbons (Fsp3) is 0.600. The Morgan fingerprint density at radius 1 is 1.60 bits per heavy atom. The van der Waals surface area contributed by atoms with Crippen LogP contribution < -0.4 is 10.6 Å². The standard InChI is InChI=1S/C10H18N4O/c1-8(2)14-7-13-5-9(14)4-12-6-10(15)11-3/h5,7-8,12H,4,6H2,1-3H3,(H,11,15). The van der Waals surface area contributed by atoms with Gasteiger partial charge in [0.2, 0.25) is 5.91 Å². The van der Waals surface area contributed by atoms with Gasteiger partial charge in [-0.1, -0.05) is 0 Å². The average Bonchev–Trinajstić information content (AvgIpc) is 2.65. The quantitative estimate of drug-likeness (QED) is 0.735. The van der Waals surface area contributed by atoms with Crippen LogP contribution in [0.5, 0.6) is 0 Å². The third-order valence-electron chi connectivity index (χ3n) is 2.17. The number of amides is 1. The minimum Gasteiger partial charge on any atom is -0.358 e. The van der Waals surface area contributed by atoms with E-state index < -0.39 is 0 Å². The van der Waals surface area contributed by atoms with Crippen LogP contribution in [0.25, 0.3) is 0 Å². The van der Waals surface area contributed by atoms with Crippen molar-refractivity contribution in [1.82, 2.24) is 20.2 Å². The van der Waals surface area contributed by atoms with Gasteiger partial charge in [0.05, 0.1) is 18.6 Å². The third-order valence-corrected chi connectivity index (χ3v) is 2.17. The van der Waals surface area contributed by atoms with E-state index in [2.05, 4.69) is 34.0 Å². The Balaban J connectivity index is 2.43. The lowest BCUT2D eigenvalue weighted by Crippen LogP contribution is -2.31. The number of imidazole rings is 1. The van der Waals surface area contributed by atoms with Crippen LogP contribution in [0.2, 0.25) is 0 Å². The summed E-state index contributed by atoms with van der Waals surface area (Å²) in [6.45, 7) is 5.19. The summed E-state index contributed by atoms with van der Waals surface area (Å²) in [4.78, 5) is 15.0. The van der Waals surface area contributed by atoms with E-state index in [0.717, 1.165) is 5.69 Å². The van der Waals surface area contributed by atoms with E-state index in [-0.39, 0.29) is 5.91 Å². The molecular weight excluding hydrogens is 192 g/mol. The molecule has 15 heavy (non-hydrogen) atoms. The molecule has 0 unspecified atom stereocenters. The van der Waals surface area contributed by atoms with Gasteiger partial charge in [-0.05, 0) is 13.8 Å². The Kier molecular flexibility index (Phi) is 4.30. The second kappa shape index (κ2) is 5.50. The third kappa shape index (κ3) is 3.36. The molecule has 1 aromatic rings. The summed E-state index contributed by atoms with van der Waals surface area (Å²) in [5.41, 5.74) is 1.09. The molecule has 1 rings (SSSR count). The fourth-order valence-electron chi connectivity index (χ4n) is 1.33. The molecule has 0 saturated carbocycles. The normalized spacial score (nSPS) is 10.7. The summed E-state index contributed by atoms with van der Waals surface area (Å²) in [5, 5.41) is 5.62. The van der Waals surface area contributed by atoms with Crippen LogP contribution in [-0.2, 0) is 11.3 Å². The van der Waals surface area contributed by atoms with Gasteiger partial charge in [-0.25, -0.2) is 4.98 Å². The molecule has 2 N–H and O–H groups in total. The summed E-state index contributed by atoms with van der Waals surface area (Å²) >= 11 is 0. The number of hydrogen-bond donors (Lipinski definition) is 2. The molecule has 0 radical (unpaired) electrons. The lowest BCUT2D eigenvalue weighted by molar-refractivity contribution is -0.119. The maximum atomic E-state index is 11.0. The lowest BCUT2D eigenvalue weighted by Gasteiger charge is -2.11. The first-order valence-corrected chi connectivity index (χ1v) is 5.07. The van der Waals surface area contributed by atoms with Crippen LogP contribution in [0, 0.1) is 0 Å². The van der Waals surface area contributed by atoms with E-state index in [9.17, 15) is 4.79 Å². The monoisotopic (exact) mass is 210 g/mol. The van der Waals surface area contributed by atoms with Gasteiger partial charge in [0.1, 0.15) is 0 Å². The SMILES string of the molecule is CNC(=O)CNCc1cncn1C(C)C. The minimum atomic E-state index is -0.00869. The van der Waals surface area contributed by atoms with Crippen LogP contribution in [0.3, 0.4) is 0 Å². The number of likely N-dealkylation sites (N-methyl/N-ethyl adjacent to an activating group) is 1. The minimum absolute atomic E-state index is 0.00869. The number of hydrogen-bond acceptors (Lipinski definition) is 3. The van der Waals surface area contributed by atoms with Gasteiger partial charge in [-0.2, -0.15) is 0 Å². The molecule has 1 aromatic heterocycles. The van der Waals surface area contributed by atoms with Crippen LogP contribution in [0.1, 0.15) is 25.6 Å². The Labute approximate surface area is 89.9 Å². The average molecular weight is 210 g/mol. The van der Waals surface area contributed by atoms with E-state index >= 15 is 0 Å². The molecule has 0 saturated heterocycles. The first-order chi connectivity index (χ1) is 7.15. The molecule has 0 aliphatic rings. The fourth-order valence-corrected chi connectivity index (χ4v) is 1.33. The van der Waals surface area contributed by atoms with Crippen molar-refractivity contribution in [3.8, 4) is 0 Å². The van der Waals surface area contributed by atoms with E-state index in [1.165, 1.54) is 0 Å². The molecule has 84 valence electrons. The van der Waals surface area contributed by atoms with E-state index in [4.69, 9.17) is 0 Å². The van der Waals surface area contributed by atoms with Crippen molar-refractivity contribution in [2.45, 2.75) is 26.4 Å². The second-order valence-corrected chi connectivity index (χ2v) is 3.66. The number of carbonyl (C=O) groups excluding carboxylic acids is 1. The number of aromatic nitrogens is 2. The van der Waals surface area contributed by atoms with Crippen LogP contribution >= 0.6 is 0 Å². The summed E-state index contributed by atoms with van der Waals surface area (Å²) in [6, 6.07) is 0.393. The van der Waals surface area contributed by atoms with Gasteiger partial charge in [-0.15, -0.1) is 0 Å². The number of rotatable bonds is 5. The molecule has 1 amide bonds. The Morgan fingerprint density at radius 2 is 2.33 bits per heavy atom. The molecule has 0 bridgehead atoms. The van der Waals surface area contributed by atoms with Crippen molar-refractivity contribution in [1.29, 1.82) is 0 Å². The number of nitrogens with zero attached hydrogens (tertiary/aromatic N) is 2. The first-order valence-electron chi connectivity index (χ1n) is 5.07. The highest BCUT2D eigenvalue weighted by molar-refractivity contribution is 5.77. The van der Waals surface area contributed by atoms with Crippen molar-refractivity contribution < 1.29 is 4.79 Å². The van der Waals surface area contributed by atoms with Crippen LogP contribution in [-0.4, -0.2) is 29.1 Å². The summed E-state index contributed by atoms with van der Waals surface area (Å²) in [5.74, 6) is -0.00869. The molecule has 0 atom stereocenters. The van der Waals surface area contributed by atoms with Crippen molar-refractivity contribution in [2.75, 3.05) is 13.6 Å². The van der Waals surface area contributed by atoms with Crippen molar-refractivity contribution in [3.05, 3.63) is 18.2 Å². The molecule has 1 heterocycles. The molecule has 0 spiro atoms.